The molecule has 0 aliphatic heterocycles. The quantitative estimate of drug-likeness (QED) is 0.760. The Morgan fingerprint density at radius 1 is 1.22 bits per heavy atom. The van der Waals surface area contributed by atoms with Crippen molar-refractivity contribution in [2.45, 2.75) is 13.8 Å². The maximum atomic E-state index is 9.09. The SMILES string of the molecule is CC(C)CN(CCN(C)C)c1nccnc1C#N. The van der Waals surface area contributed by atoms with E-state index in [4.69, 9.17) is 5.26 Å². The zero-order valence-electron chi connectivity index (χ0n) is 11.6. The Morgan fingerprint density at radius 3 is 2.44 bits per heavy atom. The number of likely N-dealkylation sites (N-methyl/N-ethyl adjacent to an activating group) is 1. The molecule has 0 unspecified atom stereocenters. The lowest BCUT2D eigenvalue weighted by Gasteiger charge is -2.27. The first-order chi connectivity index (χ1) is 8.54. The van der Waals surface area contributed by atoms with Gasteiger partial charge in [-0.3, -0.25) is 0 Å². The van der Waals surface area contributed by atoms with E-state index in [1.807, 2.05) is 14.1 Å². The van der Waals surface area contributed by atoms with Crippen LogP contribution in [-0.4, -0.2) is 48.6 Å². The van der Waals surface area contributed by atoms with E-state index >= 15 is 0 Å². The third-order valence-corrected chi connectivity index (χ3v) is 2.49. The smallest absolute Gasteiger partial charge is 0.183 e. The van der Waals surface area contributed by atoms with Gasteiger partial charge < -0.3 is 9.80 Å². The van der Waals surface area contributed by atoms with Gasteiger partial charge in [0.2, 0.25) is 0 Å². The van der Waals surface area contributed by atoms with Gasteiger partial charge in [0.1, 0.15) is 6.07 Å². The van der Waals surface area contributed by atoms with Crippen LogP contribution in [0.25, 0.3) is 0 Å². The van der Waals surface area contributed by atoms with Gasteiger partial charge in [0.25, 0.3) is 0 Å². The van der Waals surface area contributed by atoms with Crippen molar-refractivity contribution in [1.29, 1.82) is 5.26 Å². The van der Waals surface area contributed by atoms with E-state index < -0.39 is 0 Å². The van der Waals surface area contributed by atoms with Crippen molar-refractivity contribution >= 4 is 5.82 Å². The van der Waals surface area contributed by atoms with Crippen molar-refractivity contribution in [3.8, 4) is 6.07 Å². The number of rotatable bonds is 6. The van der Waals surface area contributed by atoms with Gasteiger partial charge in [-0.1, -0.05) is 13.8 Å². The predicted octanol–water partition coefficient (Wildman–Crippen LogP) is 1.37. The average molecular weight is 247 g/mol. The fourth-order valence-electron chi connectivity index (χ4n) is 1.69. The van der Waals surface area contributed by atoms with Crippen LogP contribution in [-0.2, 0) is 0 Å². The molecule has 1 aromatic heterocycles. The second-order valence-electron chi connectivity index (χ2n) is 4.98. The summed E-state index contributed by atoms with van der Waals surface area (Å²) >= 11 is 0. The lowest BCUT2D eigenvalue weighted by atomic mass is 10.2. The highest BCUT2D eigenvalue weighted by Gasteiger charge is 2.14. The van der Waals surface area contributed by atoms with E-state index in [0.29, 0.717) is 17.4 Å². The molecule has 0 saturated heterocycles. The van der Waals surface area contributed by atoms with E-state index in [9.17, 15) is 0 Å². The third kappa shape index (κ3) is 4.30. The molecule has 0 N–H and O–H groups in total. The first-order valence-corrected chi connectivity index (χ1v) is 6.15. The topological polar surface area (TPSA) is 56.1 Å². The fourth-order valence-corrected chi connectivity index (χ4v) is 1.69. The maximum absolute atomic E-state index is 9.09. The van der Waals surface area contributed by atoms with Crippen molar-refractivity contribution < 1.29 is 0 Å². The Balaban J connectivity index is 2.90. The number of nitriles is 1. The zero-order valence-corrected chi connectivity index (χ0v) is 11.6. The second-order valence-corrected chi connectivity index (χ2v) is 4.98. The second kappa shape index (κ2) is 6.92. The highest BCUT2D eigenvalue weighted by atomic mass is 15.2. The van der Waals surface area contributed by atoms with E-state index in [2.05, 4.69) is 39.7 Å². The molecule has 5 heteroatoms. The zero-order chi connectivity index (χ0) is 13.5. The van der Waals surface area contributed by atoms with E-state index in [1.165, 1.54) is 0 Å². The molecule has 0 amide bonds. The highest BCUT2D eigenvalue weighted by Crippen LogP contribution is 2.15. The lowest BCUT2D eigenvalue weighted by molar-refractivity contribution is 0.408. The van der Waals surface area contributed by atoms with Crippen LogP contribution >= 0.6 is 0 Å². The molecule has 0 aromatic carbocycles. The molecule has 1 heterocycles. The summed E-state index contributed by atoms with van der Waals surface area (Å²) in [4.78, 5) is 12.6. The van der Waals surface area contributed by atoms with Crippen LogP contribution in [0.15, 0.2) is 12.4 Å². The van der Waals surface area contributed by atoms with E-state index in [-0.39, 0.29) is 0 Å². The van der Waals surface area contributed by atoms with Crippen molar-refractivity contribution in [1.82, 2.24) is 14.9 Å². The molecule has 0 atom stereocenters. The Hall–Kier alpha value is -1.67. The molecule has 1 rings (SSSR count). The summed E-state index contributed by atoms with van der Waals surface area (Å²) in [5, 5.41) is 9.09. The summed E-state index contributed by atoms with van der Waals surface area (Å²) in [7, 11) is 4.07. The van der Waals surface area contributed by atoms with Crippen LogP contribution in [0.5, 0.6) is 0 Å². The minimum absolute atomic E-state index is 0.400. The minimum Gasteiger partial charge on any atom is -0.353 e. The number of aromatic nitrogens is 2. The highest BCUT2D eigenvalue weighted by molar-refractivity contribution is 5.49. The molecule has 5 nitrogen and oxygen atoms in total. The molecule has 18 heavy (non-hydrogen) atoms. The predicted molar refractivity (Wildman–Crippen MR) is 72.4 cm³/mol. The molecule has 0 aliphatic rings. The van der Waals surface area contributed by atoms with Gasteiger partial charge in [-0.2, -0.15) is 5.26 Å². The minimum atomic E-state index is 0.400. The molecule has 1 aromatic rings. The van der Waals surface area contributed by atoms with Crippen LogP contribution in [0.1, 0.15) is 19.5 Å². The fraction of sp³-hybridized carbons (Fsp3) is 0.615. The number of hydrogen-bond acceptors (Lipinski definition) is 5. The van der Waals surface area contributed by atoms with Crippen LogP contribution in [0.4, 0.5) is 5.82 Å². The van der Waals surface area contributed by atoms with Gasteiger partial charge in [0, 0.05) is 32.0 Å². The summed E-state index contributed by atoms with van der Waals surface area (Å²) in [6.45, 7) is 6.96. The number of nitrogens with zero attached hydrogens (tertiary/aromatic N) is 5. The molecule has 98 valence electrons. The molecule has 0 radical (unpaired) electrons. The normalized spacial score (nSPS) is 10.7. The summed E-state index contributed by atoms with van der Waals surface area (Å²) in [5.74, 6) is 1.20. The average Bonchev–Trinajstić information content (AvgIpc) is 2.33. The summed E-state index contributed by atoms with van der Waals surface area (Å²) in [6, 6.07) is 2.11. The Morgan fingerprint density at radius 2 is 1.89 bits per heavy atom. The van der Waals surface area contributed by atoms with Crippen molar-refractivity contribution in [3.05, 3.63) is 18.1 Å². The molecule has 0 saturated carbocycles. The van der Waals surface area contributed by atoms with Gasteiger partial charge in [0.05, 0.1) is 0 Å². The molecule has 0 aliphatic carbocycles. The molecule has 0 bridgehead atoms. The number of anilines is 1. The van der Waals surface area contributed by atoms with Gasteiger partial charge in [0.15, 0.2) is 11.5 Å². The summed E-state index contributed by atoms with van der Waals surface area (Å²) in [6.07, 6.45) is 3.20. The standard InChI is InChI=1S/C13H21N5/c1-11(2)10-18(8-7-17(3)4)13-12(9-14)15-5-6-16-13/h5-6,11H,7-8,10H2,1-4H3. The van der Waals surface area contributed by atoms with Gasteiger partial charge >= 0.3 is 0 Å². The van der Waals surface area contributed by atoms with Crippen LogP contribution in [0, 0.1) is 17.2 Å². The first-order valence-electron chi connectivity index (χ1n) is 6.15. The maximum Gasteiger partial charge on any atom is 0.183 e. The van der Waals surface area contributed by atoms with E-state index in [0.717, 1.165) is 19.6 Å². The molecule has 0 fully saturated rings. The molecular weight excluding hydrogens is 226 g/mol. The van der Waals surface area contributed by atoms with Crippen LogP contribution in [0.3, 0.4) is 0 Å². The van der Waals surface area contributed by atoms with Crippen molar-refractivity contribution in [2.75, 3.05) is 38.6 Å². The van der Waals surface area contributed by atoms with E-state index in [1.54, 1.807) is 12.4 Å². The van der Waals surface area contributed by atoms with Crippen molar-refractivity contribution in [2.24, 2.45) is 5.92 Å². The monoisotopic (exact) mass is 247 g/mol. The molecule has 0 spiro atoms. The van der Waals surface area contributed by atoms with Gasteiger partial charge in [-0.25, -0.2) is 9.97 Å². The first kappa shape index (κ1) is 14.4. The Labute approximate surface area is 109 Å². The lowest BCUT2D eigenvalue weighted by Crippen LogP contribution is -2.35. The third-order valence-electron chi connectivity index (χ3n) is 2.49. The summed E-state index contributed by atoms with van der Waals surface area (Å²) < 4.78 is 0. The van der Waals surface area contributed by atoms with Crippen LogP contribution < -0.4 is 4.90 Å². The van der Waals surface area contributed by atoms with Gasteiger partial charge in [-0.05, 0) is 20.0 Å². The Kier molecular flexibility index (Phi) is 5.53. The molecular formula is C13H21N5. The Bertz CT molecular complexity index is 408. The van der Waals surface area contributed by atoms with Gasteiger partial charge in [-0.15, -0.1) is 0 Å². The number of hydrogen-bond donors (Lipinski definition) is 0. The van der Waals surface area contributed by atoms with Crippen molar-refractivity contribution in [3.63, 3.8) is 0 Å². The summed E-state index contributed by atoms with van der Waals surface area (Å²) in [5.41, 5.74) is 0.400. The largest absolute Gasteiger partial charge is 0.353 e. The van der Waals surface area contributed by atoms with Crippen LogP contribution in [0.2, 0.25) is 0 Å².